The van der Waals surface area contributed by atoms with Crippen LogP contribution in [0.4, 0.5) is 28.8 Å². The predicted octanol–water partition coefficient (Wildman–Crippen LogP) is 5.24. The highest BCUT2D eigenvalue weighted by Gasteiger charge is 2.10. The Labute approximate surface area is 181 Å². The number of rotatable bonds is 6. The minimum atomic E-state index is 0.404. The Bertz CT molecular complexity index is 1200. The molecule has 0 atom stereocenters. The van der Waals surface area contributed by atoms with Crippen LogP contribution in [0.5, 0.6) is 0 Å². The average molecular weight is 407 g/mol. The molecule has 3 rings (SSSR count). The summed E-state index contributed by atoms with van der Waals surface area (Å²) in [6, 6.07) is 15.5. The predicted molar refractivity (Wildman–Crippen MR) is 125 cm³/mol. The quantitative estimate of drug-likeness (QED) is 0.478. The van der Waals surface area contributed by atoms with Crippen LogP contribution in [0, 0.1) is 36.5 Å². The summed E-state index contributed by atoms with van der Waals surface area (Å²) in [7, 11) is 0. The molecule has 152 valence electrons. The van der Waals surface area contributed by atoms with E-state index in [1.807, 2.05) is 62.4 Å². The van der Waals surface area contributed by atoms with Crippen LogP contribution in [0.25, 0.3) is 12.2 Å². The van der Waals surface area contributed by atoms with Gasteiger partial charge in [0.05, 0.1) is 24.0 Å². The van der Waals surface area contributed by atoms with Gasteiger partial charge < -0.3 is 16.4 Å². The monoisotopic (exact) mass is 407 g/mol. The number of aryl methyl sites for hydroxylation is 2. The smallest absolute Gasteiger partial charge is 0.229 e. The Kier molecular flexibility index (Phi) is 6.62. The van der Waals surface area contributed by atoms with Crippen molar-refractivity contribution in [3.63, 3.8) is 0 Å². The molecule has 0 fully saturated rings. The van der Waals surface area contributed by atoms with Crippen LogP contribution in [0.3, 0.4) is 0 Å². The minimum absolute atomic E-state index is 0.404. The SMILES string of the molecule is Cc1cc(/C=C/C#N)cc(C)c1Nc1nc(Nc2ccc(/C=C/C#N)cc2)ncc1N. The zero-order valence-electron chi connectivity index (χ0n) is 17.2. The Morgan fingerprint density at radius 2 is 1.52 bits per heavy atom. The van der Waals surface area contributed by atoms with Gasteiger partial charge in [0.25, 0.3) is 0 Å². The number of nitrogens with one attached hydrogen (secondary N) is 2. The molecule has 0 aliphatic rings. The maximum atomic E-state index is 8.73. The van der Waals surface area contributed by atoms with Gasteiger partial charge >= 0.3 is 0 Å². The van der Waals surface area contributed by atoms with Crippen LogP contribution in [0.1, 0.15) is 22.3 Å². The molecule has 4 N–H and O–H groups in total. The number of hydrogen-bond acceptors (Lipinski definition) is 7. The number of allylic oxidation sites excluding steroid dienone is 2. The van der Waals surface area contributed by atoms with Crippen LogP contribution in [0.15, 0.2) is 54.7 Å². The molecule has 7 nitrogen and oxygen atoms in total. The zero-order valence-corrected chi connectivity index (χ0v) is 17.2. The van der Waals surface area contributed by atoms with Crippen molar-refractivity contribution in [3.05, 3.63) is 77.0 Å². The van der Waals surface area contributed by atoms with Crippen molar-refractivity contribution in [2.75, 3.05) is 16.4 Å². The van der Waals surface area contributed by atoms with Gasteiger partial charge in [-0.3, -0.25) is 0 Å². The highest BCUT2D eigenvalue weighted by atomic mass is 15.2. The Hall–Kier alpha value is -4.62. The van der Waals surface area contributed by atoms with Crippen molar-refractivity contribution in [1.82, 2.24) is 9.97 Å². The topological polar surface area (TPSA) is 123 Å². The van der Waals surface area contributed by atoms with Gasteiger partial charge in [-0.15, -0.1) is 0 Å². The van der Waals surface area contributed by atoms with E-state index in [9.17, 15) is 0 Å². The summed E-state index contributed by atoms with van der Waals surface area (Å²) in [5.41, 5.74) is 12.1. The molecule has 0 aliphatic carbocycles. The molecule has 0 saturated carbocycles. The van der Waals surface area contributed by atoms with Crippen molar-refractivity contribution in [2.45, 2.75) is 13.8 Å². The molecule has 1 aromatic heterocycles. The average Bonchev–Trinajstić information content (AvgIpc) is 2.76. The summed E-state index contributed by atoms with van der Waals surface area (Å²) >= 11 is 0. The molecule has 0 spiro atoms. The lowest BCUT2D eigenvalue weighted by Gasteiger charge is -2.15. The van der Waals surface area contributed by atoms with Gasteiger partial charge in [0.15, 0.2) is 5.82 Å². The molecule has 0 aliphatic heterocycles. The first-order chi connectivity index (χ1) is 15.0. The summed E-state index contributed by atoms with van der Waals surface area (Å²) in [5.74, 6) is 0.901. The number of aromatic nitrogens is 2. The van der Waals surface area contributed by atoms with E-state index in [1.54, 1.807) is 18.3 Å². The van der Waals surface area contributed by atoms with Crippen LogP contribution in [-0.4, -0.2) is 9.97 Å². The molecular weight excluding hydrogens is 386 g/mol. The number of nitriles is 2. The fraction of sp³-hybridized carbons (Fsp3) is 0.0833. The molecule has 1 heterocycles. The standard InChI is InChI=1S/C24H21N7/c1-16-13-19(6-4-12-26)14-17(2)22(16)30-23-21(27)15-28-24(31-23)29-20-9-7-18(8-10-20)5-3-11-25/h3-10,13-15H,27H2,1-2H3,(H2,28,29,30,31)/b5-3+,6-4+. The molecular formula is C24H21N7. The van der Waals surface area contributed by atoms with E-state index < -0.39 is 0 Å². The van der Waals surface area contributed by atoms with E-state index in [0.717, 1.165) is 33.6 Å². The van der Waals surface area contributed by atoms with Gasteiger partial charge in [-0.1, -0.05) is 12.1 Å². The molecule has 0 unspecified atom stereocenters. The Balaban J connectivity index is 1.82. The lowest BCUT2D eigenvalue weighted by atomic mass is 10.0. The minimum Gasteiger partial charge on any atom is -0.394 e. The molecule has 3 aromatic rings. The van der Waals surface area contributed by atoms with Crippen LogP contribution in [0.2, 0.25) is 0 Å². The largest absolute Gasteiger partial charge is 0.394 e. The second-order valence-electron chi connectivity index (χ2n) is 6.82. The first-order valence-corrected chi connectivity index (χ1v) is 9.50. The van der Waals surface area contributed by atoms with Gasteiger partial charge in [-0.05, 0) is 72.5 Å². The summed E-state index contributed by atoms with van der Waals surface area (Å²) < 4.78 is 0. The van der Waals surface area contributed by atoms with Crippen molar-refractivity contribution in [1.29, 1.82) is 10.5 Å². The zero-order chi connectivity index (χ0) is 22.2. The number of nitrogen functional groups attached to an aromatic ring is 1. The number of benzene rings is 2. The van der Waals surface area contributed by atoms with Crippen molar-refractivity contribution in [3.8, 4) is 12.1 Å². The van der Waals surface area contributed by atoms with Crippen LogP contribution in [-0.2, 0) is 0 Å². The summed E-state index contributed by atoms with van der Waals surface area (Å²) in [6.07, 6.45) is 7.94. The molecule has 0 saturated heterocycles. The summed E-state index contributed by atoms with van der Waals surface area (Å²) in [4.78, 5) is 8.77. The number of hydrogen-bond donors (Lipinski definition) is 3. The molecule has 0 amide bonds. The molecule has 2 aromatic carbocycles. The van der Waals surface area contributed by atoms with E-state index in [4.69, 9.17) is 16.3 Å². The normalized spacial score (nSPS) is 10.7. The lowest BCUT2D eigenvalue weighted by molar-refractivity contribution is 1.16. The van der Waals surface area contributed by atoms with E-state index in [-0.39, 0.29) is 0 Å². The van der Waals surface area contributed by atoms with Gasteiger partial charge in [0.2, 0.25) is 5.95 Å². The van der Waals surface area contributed by atoms with Crippen LogP contribution < -0.4 is 16.4 Å². The van der Waals surface area contributed by atoms with Gasteiger partial charge in [0, 0.05) is 23.5 Å². The van der Waals surface area contributed by atoms with Crippen molar-refractivity contribution < 1.29 is 0 Å². The van der Waals surface area contributed by atoms with Gasteiger partial charge in [0.1, 0.15) is 0 Å². The van der Waals surface area contributed by atoms with Gasteiger partial charge in [-0.2, -0.15) is 15.5 Å². The maximum absolute atomic E-state index is 8.73. The van der Waals surface area contributed by atoms with E-state index in [2.05, 4.69) is 20.6 Å². The van der Waals surface area contributed by atoms with E-state index >= 15 is 0 Å². The lowest BCUT2D eigenvalue weighted by Crippen LogP contribution is -2.06. The number of nitrogens with zero attached hydrogens (tertiary/aromatic N) is 4. The Morgan fingerprint density at radius 1 is 0.903 bits per heavy atom. The Morgan fingerprint density at radius 3 is 2.13 bits per heavy atom. The third-order valence-electron chi connectivity index (χ3n) is 4.48. The first-order valence-electron chi connectivity index (χ1n) is 9.50. The van der Waals surface area contributed by atoms with E-state index in [1.165, 1.54) is 12.2 Å². The highest BCUT2D eigenvalue weighted by molar-refractivity contribution is 5.75. The summed E-state index contributed by atoms with van der Waals surface area (Å²) in [5, 5.41) is 23.8. The van der Waals surface area contributed by atoms with Crippen LogP contribution >= 0.6 is 0 Å². The second-order valence-corrected chi connectivity index (χ2v) is 6.82. The molecule has 0 radical (unpaired) electrons. The third kappa shape index (κ3) is 5.47. The second kappa shape index (κ2) is 9.73. The molecule has 0 bridgehead atoms. The molecule has 7 heteroatoms. The fourth-order valence-corrected chi connectivity index (χ4v) is 3.03. The van der Waals surface area contributed by atoms with Crippen molar-refractivity contribution >= 4 is 41.0 Å². The van der Waals surface area contributed by atoms with Gasteiger partial charge in [-0.25, -0.2) is 4.98 Å². The highest BCUT2D eigenvalue weighted by Crippen LogP contribution is 2.29. The third-order valence-corrected chi connectivity index (χ3v) is 4.48. The molecule has 31 heavy (non-hydrogen) atoms. The first kappa shape index (κ1) is 21.1. The summed E-state index contributed by atoms with van der Waals surface area (Å²) in [6.45, 7) is 3.97. The maximum Gasteiger partial charge on any atom is 0.229 e. The number of nitrogens with two attached hydrogens (primary N) is 1. The van der Waals surface area contributed by atoms with Crippen molar-refractivity contribution in [2.24, 2.45) is 0 Å². The fourth-order valence-electron chi connectivity index (χ4n) is 3.03. The number of anilines is 5. The van der Waals surface area contributed by atoms with E-state index in [0.29, 0.717) is 17.5 Å².